The third kappa shape index (κ3) is 5.52. The van der Waals surface area contributed by atoms with Crippen molar-refractivity contribution in [1.82, 2.24) is 10.7 Å². The van der Waals surface area contributed by atoms with Crippen LogP contribution in [0.2, 0.25) is 0 Å². The number of nitrogens with one attached hydrogen (secondary N) is 2. The molecule has 3 aromatic carbocycles. The third-order valence-electron chi connectivity index (χ3n) is 5.15. The fourth-order valence-corrected chi connectivity index (χ4v) is 3.38. The first-order valence-electron chi connectivity index (χ1n) is 10.8. The number of ether oxygens (including phenoxy) is 1. The predicted octanol–water partition coefficient (Wildman–Crippen LogP) is 4.45. The molecule has 0 saturated carbocycles. The van der Waals surface area contributed by atoms with Gasteiger partial charge in [0.15, 0.2) is 0 Å². The number of hydrogen-bond donors (Lipinski definition) is 2. The van der Waals surface area contributed by atoms with Crippen molar-refractivity contribution >= 4 is 28.8 Å². The van der Waals surface area contributed by atoms with Gasteiger partial charge in [0, 0.05) is 11.1 Å². The summed E-state index contributed by atoms with van der Waals surface area (Å²) in [6, 6.07) is 18.3. The molecule has 0 bridgehead atoms. The lowest BCUT2D eigenvalue weighted by Crippen LogP contribution is -2.48. The molecule has 0 heterocycles. The molecule has 32 heavy (non-hydrogen) atoms. The van der Waals surface area contributed by atoms with Gasteiger partial charge >= 0.3 is 0 Å². The van der Waals surface area contributed by atoms with Gasteiger partial charge in [0.1, 0.15) is 11.8 Å². The minimum atomic E-state index is -0.722. The number of hydrazone groups is 1. The molecule has 0 aromatic heterocycles. The number of rotatable bonds is 8. The lowest BCUT2D eigenvalue weighted by atomic mass is 10.0. The molecule has 0 fully saturated rings. The molecule has 0 saturated heterocycles. The van der Waals surface area contributed by atoms with Gasteiger partial charge in [-0.05, 0) is 48.7 Å². The van der Waals surface area contributed by atoms with Gasteiger partial charge in [-0.15, -0.1) is 0 Å². The molecule has 0 aliphatic heterocycles. The Hall–Kier alpha value is -3.67. The molecule has 166 valence electrons. The zero-order valence-electron chi connectivity index (χ0n) is 18.9. The highest BCUT2D eigenvalue weighted by Crippen LogP contribution is 2.26. The molecule has 6 heteroatoms. The molecule has 2 amide bonds. The summed E-state index contributed by atoms with van der Waals surface area (Å²) in [4.78, 5) is 25.4. The van der Waals surface area contributed by atoms with Gasteiger partial charge < -0.3 is 10.1 Å². The van der Waals surface area contributed by atoms with E-state index in [9.17, 15) is 9.59 Å². The predicted molar refractivity (Wildman–Crippen MR) is 128 cm³/mol. The first-order valence-corrected chi connectivity index (χ1v) is 10.8. The van der Waals surface area contributed by atoms with Crippen LogP contribution in [0.4, 0.5) is 0 Å². The van der Waals surface area contributed by atoms with E-state index in [-0.39, 0.29) is 17.7 Å². The molecule has 1 atom stereocenters. The Balaban J connectivity index is 1.76. The summed E-state index contributed by atoms with van der Waals surface area (Å²) in [6.07, 6.45) is 1.59. The van der Waals surface area contributed by atoms with Crippen LogP contribution in [-0.2, 0) is 4.79 Å². The van der Waals surface area contributed by atoms with Gasteiger partial charge in [-0.25, -0.2) is 5.43 Å². The van der Waals surface area contributed by atoms with Gasteiger partial charge in [-0.3, -0.25) is 9.59 Å². The highest BCUT2D eigenvalue weighted by molar-refractivity contribution is 6.03. The highest BCUT2D eigenvalue weighted by atomic mass is 16.5. The Labute approximate surface area is 188 Å². The molecule has 6 nitrogen and oxygen atoms in total. The van der Waals surface area contributed by atoms with E-state index in [1.807, 2.05) is 76.2 Å². The fraction of sp³-hybridized carbons (Fsp3) is 0.269. The average Bonchev–Trinajstić information content (AvgIpc) is 2.78. The quantitative estimate of drug-likeness (QED) is 0.408. The second kappa shape index (κ2) is 10.6. The standard InChI is InChI=1S/C26H29N3O3/c1-5-32-23-15-14-19-8-6-7-9-21(19)22(23)16-27-29-26(31)24(17(2)3)28-25(30)20-12-10-18(4)11-13-20/h6-17,24H,5H2,1-4H3,(H,28,30)(H,29,31)/b27-16+. The first kappa shape index (κ1) is 23.0. The smallest absolute Gasteiger partial charge is 0.262 e. The van der Waals surface area contributed by atoms with Crippen LogP contribution in [0, 0.1) is 12.8 Å². The van der Waals surface area contributed by atoms with E-state index < -0.39 is 6.04 Å². The molecule has 3 aromatic rings. The van der Waals surface area contributed by atoms with Gasteiger partial charge in [-0.2, -0.15) is 5.10 Å². The molecule has 0 aliphatic carbocycles. The van der Waals surface area contributed by atoms with Crippen LogP contribution < -0.4 is 15.5 Å². The average molecular weight is 432 g/mol. The maximum absolute atomic E-state index is 12.8. The second-order valence-corrected chi connectivity index (χ2v) is 7.93. The van der Waals surface area contributed by atoms with Crippen LogP contribution in [0.25, 0.3) is 10.8 Å². The van der Waals surface area contributed by atoms with Crippen molar-refractivity contribution < 1.29 is 14.3 Å². The normalized spacial score (nSPS) is 12.2. The summed E-state index contributed by atoms with van der Waals surface area (Å²) < 4.78 is 5.74. The first-order chi connectivity index (χ1) is 15.4. The summed E-state index contributed by atoms with van der Waals surface area (Å²) in [5.74, 6) is -0.0983. The SMILES string of the molecule is CCOc1ccc2ccccc2c1/C=N/NC(=O)C(NC(=O)c1ccc(C)cc1)C(C)C. The number of fused-ring (bicyclic) bond motifs is 1. The van der Waals surface area contributed by atoms with E-state index in [1.54, 1.807) is 18.3 Å². The van der Waals surface area contributed by atoms with Crippen molar-refractivity contribution in [2.75, 3.05) is 6.61 Å². The van der Waals surface area contributed by atoms with Gasteiger partial charge in [0.25, 0.3) is 11.8 Å². The lowest BCUT2D eigenvalue weighted by Gasteiger charge is -2.20. The van der Waals surface area contributed by atoms with E-state index >= 15 is 0 Å². The number of amides is 2. The molecule has 0 aliphatic rings. The number of benzene rings is 3. The second-order valence-electron chi connectivity index (χ2n) is 7.93. The summed E-state index contributed by atoms with van der Waals surface area (Å²) >= 11 is 0. The van der Waals surface area contributed by atoms with E-state index in [1.165, 1.54) is 0 Å². The lowest BCUT2D eigenvalue weighted by molar-refractivity contribution is -0.123. The van der Waals surface area contributed by atoms with E-state index in [2.05, 4.69) is 15.8 Å². The largest absolute Gasteiger partial charge is 0.493 e. The Bertz CT molecular complexity index is 1120. The van der Waals surface area contributed by atoms with Crippen LogP contribution in [0.5, 0.6) is 5.75 Å². The number of carbonyl (C=O) groups excluding carboxylic acids is 2. The van der Waals surface area contributed by atoms with Crippen molar-refractivity contribution in [3.05, 3.63) is 77.4 Å². The van der Waals surface area contributed by atoms with Crippen molar-refractivity contribution in [2.24, 2.45) is 11.0 Å². The summed E-state index contributed by atoms with van der Waals surface area (Å²) in [7, 11) is 0. The fourth-order valence-electron chi connectivity index (χ4n) is 3.38. The van der Waals surface area contributed by atoms with Crippen LogP contribution in [0.3, 0.4) is 0 Å². The Morgan fingerprint density at radius 1 is 1.03 bits per heavy atom. The number of hydrogen-bond acceptors (Lipinski definition) is 4. The maximum Gasteiger partial charge on any atom is 0.262 e. The molecule has 0 spiro atoms. The van der Waals surface area contributed by atoms with E-state index in [0.29, 0.717) is 17.9 Å². The zero-order chi connectivity index (χ0) is 23.1. The minimum Gasteiger partial charge on any atom is -0.493 e. The summed E-state index contributed by atoms with van der Waals surface area (Å²) in [6.45, 7) is 8.15. The number of nitrogens with zero attached hydrogens (tertiary/aromatic N) is 1. The number of aryl methyl sites for hydroxylation is 1. The van der Waals surface area contributed by atoms with Crippen molar-refractivity contribution in [3.8, 4) is 5.75 Å². The third-order valence-corrected chi connectivity index (χ3v) is 5.15. The highest BCUT2D eigenvalue weighted by Gasteiger charge is 2.24. The van der Waals surface area contributed by atoms with Crippen molar-refractivity contribution in [3.63, 3.8) is 0 Å². The molecule has 3 rings (SSSR count). The summed E-state index contributed by atoms with van der Waals surface area (Å²) in [5, 5.41) is 9.01. The maximum atomic E-state index is 12.8. The van der Waals surface area contributed by atoms with Crippen LogP contribution in [0.1, 0.15) is 42.3 Å². The van der Waals surface area contributed by atoms with Gasteiger partial charge in [0.2, 0.25) is 0 Å². The van der Waals surface area contributed by atoms with Crippen LogP contribution >= 0.6 is 0 Å². The van der Waals surface area contributed by atoms with Crippen LogP contribution in [0.15, 0.2) is 65.8 Å². The van der Waals surface area contributed by atoms with Gasteiger partial charge in [0.05, 0.1) is 12.8 Å². The summed E-state index contributed by atoms with van der Waals surface area (Å²) in [5.41, 5.74) is 4.93. The monoisotopic (exact) mass is 431 g/mol. The molecule has 0 radical (unpaired) electrons. The molecular weight excluding hydrogens is 402 g/mol. The topological polar surface area (TPSA) is 79.8 Å². The molecule has 1 unspecified atom stereocenters. The Morgan fingerprint density at radius 3 is 2.44 bits per heavy atom. The van der Waals surface area contributed by atoms with E-state index in [4.69, 9.17) is 4.74 Å². The number of carbonyl (C=O) groups is 2. The Morgan fingerprint density at radius 2 is 1.75 bits per heavy atom. The van der Waals surface area contributed by atoms with Crippen molar-refractivity contribution in [1.29, 1.82) is 0 Å². The van der Waals surface area contributed by atoms with Gasteiger partial charge in [-0.1, -0.05) is 61.9 Å². The van der Waals surface area contributed by atoms with Crippen LogP contribution in [-0.4, -0.2) is 30.7 Å². The van der Waals surface area contributed by atoms with Crippen molar-refractivity contribution in [2.45, 2.75) is 33.7 Å². The zero-order valence-corrected chi connectivity index (χ0v) is 18.9. The molecule has 2 N–H and O–H groups in total. The minimum absolute atomic E-state index is 0.115. The molecular formula is C26H29N3O3. The Kier molecular flexibility index (Phi) is 7.60. The van der Waals surface area contributed by atoms with E-state index in [0.717, 1.165) is 21.9 Å².